The van der Waals surface area contributed by atoms with Crippen LogP contribution in [0.1, 0.15) is 27.6 Å². The highest BCUT2D eigenvalue weighted by Crippen LogP contribution is 2.23. The average Bonchev–Trinajstić information content (AvgIpc) is 2.08. The van der Waals surface area contributed by atoms with Crippen molar-refractivity contribution >= 4 is 46.3 Å². The fourth-order valence-corrected chi connectivity index (χ4v) is 1.89. The Morgan fingerprint density at radius 3 is 2.62 bits per heavy atom. The molecule has 0 saturated carbocycles. The number of hydrogen-bond acceptors (Lipinski definition) is 2. The van der Waals surface area contributed by atoms with E-state index in [1.165, 1.54) is 6.92 Å². The van der Waals surface area contributed by atoms with Gasteiger partial charge in [0, 0.05) is 14.7 Å². The molecular weight excluding hydrogens is 302 g/mol. The third kappa shape index (κ3) is 2.28. The van der Waals surface area contributed by atoms with Gasteiger partial charge < -0.3 is 0 Å². The van der Waals surface area contributed by atoms with Gasteiger partial charge in [0.15, 0.2) is 12.1 Å². The Morgan fingerprint density at radius 2 is 2.15 bits per heavy atom. The second-order valence-corrected chi connectivity index (χ2v) is 4.15. The summed E-state index contributed by atoms with van der Waals surface area (Å²) in [5, 5.41) is 0.239. The van der Waals surface area contributed by atoms with E-state index in [4.69, 9.17) is 11.6 Å². The van der Waals surface area contributed by atoms with Crippen LogP contribution >= 0.6 is 34.2 Å². The number of carbonyl (C=O) groups excluding carboxylic acids is 2. The molecule has 68 valence electrons. The third-order valence-corrected chi connectivity index (χ3v) is 2.62. The minimum Gasteiger partial charge on any atom is -0.298 e. The molecule has 0 aliphatic carbocycles. The van der Waals surface area contributed by atoms with Gasteiger partial charge in [-0.2, -0.15) is 0 Å². The summed E-state index contributed by atoms with van der Waals surface area (Å²) < 4.78 is 0.828. The summed E-state index contributed by atoms with van der Waals surface area (Å²) in [5.41, 5.74) is 0.759. The van der Waals surface area contributed by atoms with Gasteiger partial charge in [-0.1, -0.05) is 11.6 Å². The number of benzene rings is 1. The number of rotatable bonds is 2. The number of Topliss-reactive ketones (excluding diaryl/α,β-unsaturated/α-hetero) is 1. The van der Waals surface area contributed by atoms with Crippen molar-refractivity contribution < 1.29 is 9.59 Å². The number of halogens is 2. The first-order valence-electron chi connectivity index (χ1n) is 3.51. The lowest BCUT2D eigenvalue weighted by molar-refractivity contribution is 0.101. The van der Waals surface area contributed by atoms with Gasteiger partial charge in [-0.3, -0.25) is 9.59 Å². The predicted octanol–water partition coefficient (Wildman–Crippen LogP) is 2.96. The predicted molar refractivity (Wildman–Crippen MR) is 59.6 cm³/mol. The summed E-state index contributed by atoms with van der Waals surface area (Å²) in [6.07, 6.45) is 0.650. The molecule has 0 fully saturated rings. The molecule has 1 aromatic carbocycles. The van der Waals surface area contributed by atoms with Crippen molar-refractivity contribution in [3.8, 4) is 0 Å². The molecule has 0 aliphatic rings. The minimum atomic E-state index is -0.133. The molecule has 13 heavy (non-hydrogen) atoms. The van der Waals surface area contributed by atoms with Gasteiger partial charge in [-0.05, 0) is 41.6 Å². The Kier molecular flexibility index (Phi) is 3.44. The maximum Gasteiger partial charge on any atom is 0.161 e. The van der Waals surface area contributed by atoms with Crippen molar-refractivity contribution in [2.75, 3.05) is 0 Å². The van der Waals surface area contributed by atoms with Crippen LogP contribution in [0.25, 0.3) is 0 Å². The summed E-state index contributed by atoms with van der Waals surface area (Å²) in [4.78, 5) is 21.6. The summed E-state index contributed by atoms with van der Waals surface area (Å²) in [7, 11) is 0. The fourth-order valence-electron chi connectivity index (χ4n) is 0.952. The SMILES string of the molecule is CC(=O)c1cc(I)cc(C=O)c1Cl. The van der Waals surface area contributed by atoms with E-state index in [-0.39, 0.29) is 10.8 Å². The van der Waals surface area contributed by atoms with Crippen molar-refractivity contribution in [1.82, 2.24) is 0 Å². The Morgan fingerprint density at radius 1 is 1.54 bits per heavy atom. The zero-order valence-corrected chi connectivity index (χ0v) is 9.72. The van der Waals surface area contributed by atoms with Crippen LogP contribution < -0.4 is 0 Å². The molecule has 0 bridgehead atoms. The summed E-state index contributed by atoms with van der Waals surface area (Å²) in [6, 6.07) is 3.31. The zero-order chi connectivity index (χ0) is 10.0. The Bertz CT molecular complexity index is 374. The van der Waals surface area contributed by atoms with Gasteiger partial charge in [-0.25, -0.2) is 0 Å². The van der Waals surface area contributed by atoms with Gasteiger partial charge in [0.25, 0.3) is 0 Å². The number of aldehydes is 1. The molecule has 1 rings (SSSR count). The molecule has 0 N–H and O–H groups in total. The summed E-state index contributed by atoms with van der Waals surface area (Å²) in [5.74, 6) is -0.133. The maximum atomic E-state index is 11.1. The van der Waals surface area contributed by atoms with Crippen LogP contribution in [-0.2, 0) is 0 Å². The Labute approximate surface area is 94.4 Å². The van der Waals surface area contributed by atoms with E-state index in [0.29, 0.717) is 17.4 Å². The minimum absolute atomic E-state index is 0.133. The zero-order valence-electron chi connectivity index (χ0n) is 6.80. The molecule has 0 aliphatic heterocycles. The van der Waals surface area contributed by atoms with Crippen molar-refractivity contribution in [2.24, 2.45) is 0 Å². The van der Waals surface area contributed by atoms with Gasteiger partial charge in [0.1, 0.15) is 0 Å². The lowest BCUT2D eigenvalue weighted by Crippen LogP contribution is -1.97. The molecule has 0 radical (unpaired) electrons. The molecule has 0 amide bonds. The highest BCUT2D eigenvalue weighted by atomic mass is 127. The standard InChI is InChI=1S/C9H6ClIO2/c1-5(13)8-3-7(11)2-6(4-12)9(8)10/h2-4H,1H3. The number of carbonyl (C=O) groups is 2. The van der Waals surface area contributed by atoms with Crippen LogP contribution in [0.2, 0.25) is 5.02 Å². The largest absolute Gasteiger partial charge is 0.298 e. The topological polar surface area (TPSA) is 34.1 Å². The second kappa shape index (κ2) is 4.19. The Hall–Kier alpha value is -0.420. The maximum absolute atomic E-state index is 11.1. The molecule has 0 heterocycles. The van der Waals surface area contributed by atoms with Crippen LogP contribution in [0.5, 0.6) is 0 Å². The van der Waals surface area contributed by atoms with Crippen LogP contribution in [0, 0.1) is 3.57 Å². The molecule has 0 aromatic heterocycles. The molecule has 0 unspecified atom stereocenters. The molecular formula is C9H6ClIO2. The molecule has 1 aromatic rings. The first kappa shape index (κ1) is 10.7. The highest BCUT2D eigenvalue weighted by molar-refractivity contribution is 14.1. The number of hydrogen-bond donors (Lipinski definition) is 0. The van der Waals surface area contributed by atoms with Crippen LogP contribution in [-0.4, -0.2) is 12.1 Å². The van der Waals surface area contributed by atoms with Crippen molar-refractivity contribution in [2.45, 2.75) is 6.92 Å². The van der Waals surface area contributed by atoms with Crippen LogP contribution in [0.15, 0.2) is 12.1 Å². The van der Waals surface area contributed by atoms with Gasteiger partial charge in [0.05, 0.1) is 5.02 Å². The lowest BCUT2D eigenvalue weighted by Gasteiger charge is -2.03. The fraction of sp³-hybridized carbons (Fsp3) is 0.111. The van der Waals surface area contributed by atoms with Gasteiger partial charge >= 0.3 is 0 Å². The quantitative estimate of drug-likeness (QED) is 0.478. The normalized spacial score (nSPS) is 9.77. The molecule has 2 nitrogen and oxygen atoms in total. The van der Waals surface area contributed by atoms with Crippen LogP contribution in [0.4, 0.5) is 0 Å². The van der Waals surface area contributed by atoms with E-state index in [9.17, 15) is 9.59 Å². The first-order valence-corrected chi connectivity index (χ1v) is 4.97. The second-order valence-electron chi connectivity index (χ2n) is 2.53. The van der Waals surface area contributed by atoms with E-state index in [1.807, 2.05) is 22.6 Å². The van der Waals surface area contributed by atoms with Gasteiger partial charge in [0.2, 0.25) is 0 Å². The third-order valence-electron chi connectivity index (χ3n) is 1.57. The summed E-state index contributed by atoms with van der Waals surface area (Å²) in [6.45, 7) is 1.42. The average molecular weight is 309 g/mol. The lowest BCUT2D eigenvalue weighted by atomic mass is 10.1. The van der Waals surface area contributed by atoms with Crippen molar-refractivity contribution in [3.05, 3.63) is 31.9 Å². The van der Waals surface area contributed by atoms with Crippen molar-refractivity contribution in [1.29, 1.82) is 0 Å². The monoisotopic (exact) mass is 308 g/mol. The summed E-state index contributed by atoms with van der Waals surface area (Å²) >= 11 is 7.86. The van der Waals surface area contributed by atoms with Gasteiger partial charge in [-0.15, -0.1) is 0 Å². The highest BCUT2D eigenvalue weighted by Gasteiger charge is 2.10. The van der Waals surface area contributed by atoms with E-state index in [1.54, 1.807) is 12.1 Å². The van der Waals surface area contributed by atoms with Crippen molar-refractivity contribution in [3.63, 3.8) is 0 Å². The molecule has 0 saturated heterocycles. The molecule has 0 spiro atoms. The smallest absolute Gasteiger partial charge is 0.161 e. The molecule has 4 heteroatoms. The van der Waals surface area contributed by atoms with E-state index >= 15 is 0 Å². The Balaban J connectivity index is 3.44. The first-order chi connectivity index (χ1) is 6.06. The van der Waals surface area contributed by atoms with E-state index in [0.717, 1.165) is 3.57 Å². The number of ketones is 1. The van der Waals surface area contributed by atoms with E-state index < -0.39 is 0 Å². The van der Waals surface area contributed by atoms with E-state index in [2.05, 4.69) is 0 Å². The van der Waals surface area contributed by atoms with Crippen LogP contribution in [0.3, 0.4) is 0 Å². The molecule has 0 atom stereocenters.